The maximum atomic E-state index is 12.9. The van der Waals surface area contributed by atoms with Crippen LogP contribution < -0.4 is 5.32 Å². The molecule has 4 heteroatoms. The van der Waals surface area contributed by atoms with Crippen LogP contribution in [-0.4, -0.2) is 19.8 Å². The Morgan fingerprint density at radius 1 is 1.41 bits per heavy atom. The van der Waals surface area contributed by atoms with Gasteiger partial charge in [0.15, 0.2) is 0 Å². The Balaban J connectivity index is 2.34. The topological polar surface area (TPSA) is 45.0 Å². The Labute approximate surface area is 101 Å². The molecule has 0 aliphatic carbocycles. The van der Waals surface area contributed by atoms with Gasteiger partial charge in [-0.15, -0.1) is 0 Å². The lowest BCUT2D eigenvalue weighted by atomic mass is 10.2. The number of benzene rings is 1. The van der Waals surface area contributed by atoms with Crippen LogP contribution in [0.4, 0.5) is 10.1 Å². The van der Waals surface area contributed by atoms with Crippen LogP contribution in [-0.2, 0) is 4.74 Å². The van der Waals surface area contributed by atoms with Crippen LogP contribution in [0.3, 0.4) is 0 Å². The molecule has 1 rings (SSSR count). The van der Waals surface area contributed by atoms with Gasteiger partial charge < -0.3 is 10.1 Å². The van der Waals surface area contributed by atoms with Crippen LogP contribution in [0.15, 0.2) is 18.2 Å². The first kappa shape index (κ1) is 13.5. The van der Waals surface area contributed by atoms with Crippen LogP contribution in [0.1, 0.15) is 25.3 Å². The molecule has 17 heavy (non-hydrogen) atoms. The number of rotatable bonds is 7. The second-order valence-corrected chi connectivity index (χ2v) is 3.63. The van der Waals surface area contributed by atoms with Crippen molar-refractivity contribution in [3.05, 3.63) is 29.6 Å². The van der Waals surface area contributed by atoms with Gasteiger partial charge in [-0.3, -0.25) is 0 Å². The summed E-state index contributed by atoms with van der Waals surface area (Å²) in [7, 11) is 0. The number of hydrogen-bond acceptors (Lipinski definition) is 3. The molecule has 0 saturated heterocycles. The number of halogens is 1. The smallest absolute Gasteiger partial charge is 0.124 e. The van der Waals surface area contributed by atoms with Crippen molar-refractivity contribution in [1.29, 1.82) is 5.26 Å². The fourth-order valence-electron chi connectivity index (χ4n) is 1.46. The summed E-state index contributed by atoms with van der Waals surface area (Å²) in [5.41, 5.74) is 1.03. The normalized spacial score (nSPS) is 9.94. The van der Waals surface area contributed by atoms with Gasteiger partial charge in [-0.25, -0.2) is 4.39 Å². The van der Waals surface area contributed by atoms with Gasteiger partial charge in [-0.05, 0) is 38.0 Å². The van der Waals surface area contributed by atoms with Crippen LogP contribution in [0.25, 0.3) is 0 Å². The molecule has 0 aliphatic rings. The summed E-state index contributed by atoms with van der Waals surface area (Å²) in [5, 5.41) is 12.0. The number of hydrogen-bond donors (Lipinski definition) is 1. The summed E-state index contributed by atoms with van der Waals surface area (Å²) in [6, 6.07) is 6.15. The number of nitrogens with one attached hydrogen (secondary N) is 1. The Morgan fingerprint density at radius 2 is 2.24 bits per heavy atom. The maximum absolute atomic E-state index is 12.9. The van der Waals surface area contributed by atoms with Crippen LogP contribution >= 0.6 is 0 Å². The molecule has 1 aromatic rings. The van der Waals surface area contributed by atoms with E-state index in [1.807, 2.05) is 13.0 Å². The van der Waals surface area contributed by atoms with Crippen molar-refractivity contribution in [3.8, 4) is 6.07 Å². The first-order valence-corrected chi connectivity index (χ1v) is 5.79. The summed E-state index contributed by atoms with van der Waals surface area (Å²) in [6.45, 7) is 4.22. The van der Waals surface area contributed by atoms with Gasteiger partial charge in [0.2, 0.25) is 0 Å². The zero-order valence-corrected chi connectivity index (χ0v) is 10.0. The molecule has 0 bridgehead atoms. The summed E-state index contributed by atoms with van der Waals surface area (Å²) in [4.78, 5) is 0. The number of nitrogens with zero attached hydrogens (tertiary/aromatic N) is 1. The predicted octanol–water partition coefficient (Wildman–Crippen LogP) is 2.93. The second-order valence-electron chi connectivity index (χ2n) is 3.63. The molecule has 0 fully saturated rings. The zero-order chi connectivity index (χ0) is 12.5. The summed E-state index contributed by atoms with van der Waals surface area (Å²) in [5.74, 6) is -0.386. The highest BCUT2D eigenvalue weighted by Crippen LogP contribution is 2.15. The highest BCUT2D eigenvalue weighted by Gasteiger charge is 2.02. The Kier molecular flexibility index (Phi) is 6.05. The fraction of sp³-hybridized carbons (Fsp3) is 0.462. The van der Waals surface area contributed by atoms with E-state index in [1.165, 1.54) is 12.1 Å². The highest BCUT2D eigenvalue weighted by atomic mass is 19.1. The van der Waals surface area contributed by atoms with E-state index in [9.17, 15) is 4.39 Å². The highest BCUT2D eigenvalue weighted by molar-refractivity contribution is 5.57. The molecule has 0 amide bonds. The summed E-state index contributed by atoms with van der Waals surface area (Å²) >= 11 is 0. The molecule has 0 heterocycles. The number of unbranched alkanes of at least 4 members (excludes halogenated alkanes) is 1. The van der Waals surface area contributed by atoms with Gasteiger partial charge in [0.05, 0.1) is 11.3 Å². The molecule has 3 nitrogen and oxygen atoms in total. The fourth-order valence-corrected chi connectivity index (χ4v) is 1.46. The van der Waals surface area contributed by atoms with Crippen molar-refractivity contribution in [2.24, 2.45) is 0 Å². The molecule has 92 valence electrons. The van der Waals surface area contributed by atoms with E-state index in [1.54, 1.807) is 6.07 Å². The molecule has 0 radical (unpaired) electrons. The van der Waals surface area contributed by atoms with E-state index >= 15 is 0 Å². The molecule has 0 unspecified atom stereocenters. The Hall–Kier alpha value is -1.60. The molecule has 0 atom stereocenters. The average Bonchev–Trinajstić information content (AvgIpc) is 2.35. The molecule has 1 N–H and O–H groups in total. The van der Waals surface area contributed by atoms with E-state index in [4.69, 9.17) is 10.00 Å². The number of anilines is 1. The Morgan fingerprint density at radius 3 is 2.94 bits per heavy atom. The van der Waals surface area contributed by atoms with Crippen molar-refractivity contribution in [2.45, 2.75) is 19.8 Å². The molecule has 0 aromatic heterocycles. The lowest BCUT2D eigenvalue weighted by Gasteiger charge is -2.08. The molecular formula is C13H17FN2O. The molecule has 0 aliphatic heterocycles. The minimum Gasteiger partial charge on any atom is -0.384 e. The predicted molar refractivity (Wildman–Crippen MR) is 65.3 cm³/mol. The third kappa shape index (κ3) is 4.83. The standard InChI is InChI=1S/C13H17FN2O/c1-2-17-8-4-3-7-16-13-6-5-12(14)9-11(13)10-15/h5-6,9,16H,2-4,7-8H2,1H3. The van der Waals surface area contributed by atoms with Crippen molar-refractivity contribution in [3.63, 3.8) is 0 Å². The minimum absolute atomic E-state index is 0.342. The van der Waals surface area contributed by atoms with Crippen LogP contribution in [0, 0.1) is 17.1 Å². The van der Waals surface area contributed by atoms with Crippen molar-refractivity contribution in [1.82, 2.24) is 0 Å². The quantitative estimate of drug-likeness (QED) is 0.740. The Bertz CT molecular complexity index is 387. The summed E-state index contributed by atoms with van der Waals surface area (Å²) < 4.78 is 18.1. The summed E-state index contributed by atoms with van der Waals surface area (Å²) in [6.07, 6.45) is 1.94. The second kappa shape index (κ2) is 7.64. The molecule has 1 aromatic carbocycles. The van der Waals surface area contributed by atoms with E-state index in [0.29, 0.717) is 11.3 Å². The van der Waals surface area contributed by atoms with Gasteiger partial charge >= 0.3 is 0 Å². The van der Waals surface area contributed by atoms with E-state index in [0.717, 1.165) is 32.6 Å². The zero-order valence-electron chi connectivity index (χ0n) is 10.0. The third-order valence-corrected chi connectivity index (χ3v) is 2.34. The lowest BCUT2D eigenvalue weighted by molar-refractivity contribution is 0.144. The van der Waals surface area contributed by atoms with Crippen LogP contribution in [0.2, 0.25) is 0 Å². The number of ether oxygens (including phenoxy) is 1. The van der Waals surface area contributed by atoms with Gasteiger partial charge in [0.1, 0.15) is 11.9 Å². The molecule has 0 spiro atoms. The molecular weight excluding hydrogens is 219 g/mol. The first-order valence-electron chi connectivity index (χ1n) is 5.79. The van der Waals surface area contributed by atoms with Crippen molar-refractivity contribution < 1.29 is 9.13 Å². The van der Waals surface area contributed by atoms with E-state index < -0.39 is 0 Å². The number of nitriles is 1. The van der Waals surface area contributed by atoms with Crippen LogP contribution in [0.5, 0.6) is 0 Å². The maximum Gasteiger partial charge on any atom is 0.124 e. The van der Waals surface area contributed by atoms with Gasteiger partial charge in [-0.1, -0.05) is 0 Å². The molecule has 0 saturated carbocycles. The van der Waals surface area contributed by atoms with Gasteiger partial charge in [0.25, 0.3) is 0 Å². The average molecular weight is 236 g/mol. The van der Waals surface area contributed by atoms with E-state index in [2.05, 4.69) is 5.32 Å². The first-order chi connectivity index (χ1) is 8.27. The van der Waals surface area contributed by atoms with Crippen molar-refractivity contribution in [2.75, 3.05) is 25.1 Å². The van der Waals surface area contributed by atoms with Gasteiger partial charge in [0, 0.05) is 19.8 Å². The SMILES string of the molecule is CCOCCCCNc1ccc(F)cc1C#N. The van der Waals surface area contributed by atoms with E-state index in [-0.39, 0.29) is 5.82 Å². The van der Waals surface area contributed by atoms with Gasteiger partial charge in [-0.2, -0.15) is 5.26 Å². The largest absolute Gasteiger partial charge is 0.384 e. The third-order valence-electron chi connectivity index (χ3n) is 2.34. The lowest BCUT2D eigenvalue weighted by Crippen LogP contribution is -2.05. The monoisotopic (exact) mass is 236 g/mol. The minimum atomic E-state index is -0.386. The van der Waals surface area contributed by atoms with Crippen molar-refractivity contribution >= 4 is 5.69 Å².